The van der Waals surface area contributed by atoms with Crippen molar-refractivity contribution in [1.29, 1.82) is 0 Å². The van der Waals surface area contributed by atoms with Gasteiger partial charge in [0.25, 0.3) is 5.91 Å². The van der Waals surface area contributed by atoms with Crippen LogP contribution < -0.4 is 5.32 Å². The molecule has 27 nitrogen and oxygen atoms in total. The third kappa shape index (κ3) is 13.9. The molecule has 3 aromatic rings. The molecule has 2 saturated heterocycles. The number of nitrogens with one attached hydrogen (secondary N) is 1. The van der Waals surface area contributed by atoms with Gasteiger partial charge < -0.3 is 77.1 Å². The number of fused-ring (bicyclic) bond motifs is 3. The number of hydrogen-bond donors (Lipinski definition) is 3. The zero-order chi connectivity index (χ0) is 69.0. The minimum absolute atomic E-state index is 0.00104. The lowest BCUT2D eigenvalue weighted by Crippen LogP contribution is -2.82. The van der Waals surface area contributed by atoms with Crippen LogP contribution in [0.2, 0.25) is 0 Å². The van der Waals surface area contributed by atoms with Gasteiger partial charge in [-0.3, -0.25) is 33.6 Å². The third-order valence-electron chi connectivity index (χ3n) is 19.3. The molecule has 6 fully saturated rings. The SMILES string of the molecule is C#CCCCO[C@@H]1OC(COC(=O)COCC(=O)O[C@@H](C(=O)O[C@H]2C[C@@]3(O)[C@@H](OC(=O)c4ccccc4)[C@@H]4[C@]5(OC(C)=O)CO[C@@H]5C[C@H](O)[C@@]4(C)C(=O)[C@H](OC(C)=O)C4(C[C@]43C)C2C)C(NC(=O)c2ccccc2)c2ccccc2)[C@@H](OC(C)=O)C(OC(C)=O)C1OC(C)=O. The molecule has 0 aromatic heterocycles. The Morgan fingerprint density at radius 1 is 0.737 bits per heavy atom. The molecule has 3 N–H and O–H groups in total. The second-order valence-electron chi connectivity index (χ2n) is 25.1. The number of aliphatic hydroxyl groups is 2. The summed E-state index contributed by atoms with van der Waals surface area (Å²) in [4.78, 5) is 152. The predicted molar refractivity (Wildman–Crippen MR) is 321 cm³/mol. The second kappa shape index (κ2) is 28.7. The Bertz CT molecular complexity index is 3450. The summed E-state index contributed by atoms with van der Waals surface area (Å²) in [6.45, 7) is 6.67. The Kier molecular flexibility index (Phi) is 21.4. The number of carbonyl (C=O) groups excluding carboxylic acids is 11. The maximum atomic E-state index is 16.0. The maximum absolute atomic E-state index is 16.0. The number of Topliss-reactive ketones (excluding diaryl/α,β-unsaturated/α-hetero) is 1. The van der Waals surface area contributed by atoms with Crippen LogP contribution >= 0.6 is 0 Å². The van der Waals surface area contributed by atoms with Crippen molar-refractivity contribution in [2.24, 2.45) is 28.1 Å². The van der Waals surface area contributed by atoms with Crippen LogP contribution in [0.25, 0.3) is 0 Å². The van der Waals surface area contributed by atoms with Crippen LogP contribution in [0.1, 0.15) is 120 Å². The molecule has 2 bridgehead atoms. The Labute approximate surface area is 546 Å². The van der Waals surface area contributed by atoms with E-state index in [1.807, 2.05) is 0 Å². The van der Waals surface area contributed by atoms with Crippen LogP contribution in [-0.4, -0.2) is 187 Å². The molecule has 95 heavy (non-hydrogen) atoms. The van der Waals surface area contributed by atoms with Gasteiger partial charge in [0.1, 0.15) is 55.9 Å². The molecule has 3 aromatic carbocycles. The van der Waals surface area contributed by atoms with E-state index in [0.717, 1.165) is 34.6 Å². The van der Waals surface area contributed by atoms with Crippen molar-refractivity contribution in [3.8, 4) is 12.3 Å². The molecule has 19 atom stereocenters. The monoisotopic (exact) mass is 1320 g/mol. The zero-order valence-electron chi connectivity index (χ0n) is 53.6. The van der Waals surface area contributed by atoms with Crippen molar-refractivity contribution in [3.63, 3.8) is 0 Å². The molecule has 27 heteroatoms. The molecule has 9 rings (SSSR count). The molecular weight excluding hydrogens is 1250 g/mol. The summed E-state index contributed by atoms with van der Waals surface area (Å²) in [6.07, 6.45) is -12.9. The summed E-state index contributed by atoms with van der Waals surface area (Å²) in [5.74, 6) is -11.2. The number of rotatable bonds is 24. The van der Waals surface area contributed by atoms with E-state index in [4.69, 9.17) is 68.0 Å². The fraction of sp³-hybridized carbons (Fsp3) is 0.544. The van der Waals surface area contributed by atoms with Gasteiger partial charge in [0.05, 0.1) is 36.2 Å². The van der Waals surface area contributed by atoms with Gasteiger partial charge in [0, 0.05) is 76.2 Å². The van der Waals surface area contributed by atoms with Crippen LogP contribution in [-0.2, 0) is 105 Å². The first kappa shape index (κ1) is 70.7. The summed E-state index contributed by atoms with van der Waals surface area (Å²) in [5, 5.41) is 29.3. The molecule has 0 radical (unpaired) electrons. The van der Waals surface area contributed by atoms with Crippen LogP contribution in [0, 0.1) is 40.4 Å². The standard InChI is InChI=1S/C68H77NO26/c1-10-11-21-28-84-63-55(89-39(5)72)54(88-38(4)71)52(87-37(3)70)46(92-63)31-85-49(76)32-83-33-50(77)93-53(51(42-22-15-12-16-23-42)69-60(79)43-24-17-13-18-25-43)62(81)91-45-30-68(82)58(94-61(80)44-26-19-14-20-27-44)56-65(9,47(75)29-48-67(56,35-86-48)95-41(7)74)57(78)59(90-40(6)73)66(36(45)2)34-64(66,68)8/h1,12-20,22-27,36,45-48,51-56,58-59,63,75,82H,11,21,28-35H2,2-9H3,(H,69,79)/t36?,45-,46?,47-,48+,51?,52+,53+,54?,55?,56-,58-,59-,63+,64+,65+,66?,67-,68+/m0/s1. The number of hydrogen-bond acceptors (Lipinski definition) is 26. The predicted octanol–water partition coefficient (Wildman–Crippen LogP) is 3.49. The topological polar surface area (TPSA) is 360 Å². The van der Waals surface area contributed by atoms with Gasteiger partial charge in [0.15, 0.2) is 42.1 Å². The maximum Gasteiger partial charge on any atom is 0.350 e. The second-order valence-corrected chi connectivity index (χ2v) is 25.1. The van der Waals surface area contributed by atoms with Crippen molar-refractivity contribution in [2.45, 2.75) is 172 Å². The Balaban J connectivity index is 1.04. The van der Waals surface area contributed by atoms with Crippen LogP contribution in [0.3, 0.4) is 0 Å². The number of aliphatic hydroxyl groups excluding tert-OH is 1. The molecular formula is C68H77NO26. The summed E-state index contributed by atoms with van der Waals surface area (Å²) in [7, 11) is 0. The van der Waals surface area contributed by atoms with E-state index in [0.29, 0.717) is 6.42 Å². The number of amides is 1. The van der Waals surface area contributed by atoms with E-state index >= 15 is 9.59 Å². The third-order valence-corrected chi connectivity index (χ3v) is 19.3. The van der Waals surface area contributed by atoms with E-state index in [1.165, 1.54) is 43.3 Å². The Morgan fingerprint density at radius 3 is 1.92 bits per heavy atom. The first-order valence-corrected chi connectivity index (χ1v) is 31.0. The molecule has 4 saturated carbocycles. The average molecular weight is 1320 g/mol. The van der Waals surface area contributed by atoms with Crippen molar-refractivity contribution >= 4 is 65.4 Å². The van der Waals surface area contributed by atoms with Gasteiger partial charge in [0.2, 0.25) is 6.10 Å². The molecule has 1 amide bonds. The van der Waals surface area contributed by atoms with Gasteiger partial charge in [-0.1, -0.05) is 80.6 Å². The summed E-state index contributed by atoms with van der Waals surface area (Å²) in [5.41, 5.74) is -9.48. The number of benzene rings is 3. The number of ketones is 1. The van der Waals surface area contributed by atoms with Crippen molar-refractivity contribution in [2.75, 3.05) is 33.0 Å². The Hall–Kier alpha value is -8.65. The Morgan fingerprint density at radius 2 is 1.33 bits per heavy atom. The fourth-order valence-electron chi connectivity index (χ4n) is 14.8. The van der Waals surface area contributed by atoms with Crippen LogP contribution in [0.5, 0.6) is 0 Å². The van der Waals surface area contributed by atoms with Gasteiger partial charge in [-0.25, -0.2) is 19.2 Å². The highest BCUT2D eigenvalue weighted by Gasteiger charge is 2.90. The van der Waals surface area contributed by atoms with Crippen LogP contribution in [0.15, 0.2) is 91.0 Å². The van der Waals surface area contributed by atoms with Crippen LogP contribution in [0.4, 0.5) is 0 Å². The average Bonchev–Trinajstić information content (AvgIpc) is 1.48. The highest BCUT2D eigenvalue weighted by molar-refractivity contribution is 5.96. The highest BCUT2D eigenvalue weighted by Crippen LogP contribution is 2.82. The molecule has 4 aliphatic carbocycles. The first-order valence-electron chi connectivity index (χ1n) is 31.0. The zero-order valence-corrected chi connectivity index (χ0v) is 53.6. The largest absolute Gasteiger partial charge is 0.461 e. The number of ether oxygens (including phenoxy) is 13. The molecule has 2 heterocycles. The number of terminal acetylenes is 1. The fourth-order valence-corrected chi connectivity index (χ4v) is 14.8. The molecule has 0 spiro atoms. The lowest BCUT2D eigenvalue weighted by atomic mass is 9.45. The molecule has 6 aliphatic rings. The van der Waals surface area contributed by atoms with Gasteiger partial charge in [-0.2, -0.15) is 0 Å². The lowest BCUT2D eigenvalue weighted by Gasteiger charge is -2.67. The van der Waals surface area contributed by atoms with Gasteiger partial charge in [-0.15, -0.1) is 12.3 Å². The van der Waals surface area contributed by atoms with E-state index < -0.39 is 211 Å². The number of unbranched alkanes of at least 4 members (excludes halogenated alkanes) is 1. The minimum Gasteiger partial charge on any atom is -0.461 e. The van der Waals surface area contributed by atoms with E-state index in [1.54, 1.807) is 68.4 Å². The van der Waals surface area contributed by atoms with Gasteiger partial charge >= 0.3 is 53.7 Å². The van der Waals surface area contributed by atoms with E-state index in [9.17, 15) is 53.4 Å². The first-order chi connectivity index (χ1) is 45.1. The number of esters is 9. The summed E-state index contributed by atoms with van der Waals surface area (Å²) < 4.78 is 76.4. The quantitative estimate of drug-likeness (QED) is 0.0500. The number of carbonyl (C=O) groups is 11. The summed E-state index contributed by atoms with van der Waals surface area (Å²) >= 11 is 0. The molecule has 2 aliphatic heterocycles. The van der Waals surface area contributed by atoms with Crippen molar-refractivity contribution < 1.29 is 125 Å². The highest BCUT2D eigenvalue weighted by atomic mass is 16.7. The molecule has 6 unspecified atom stereocenters. The smallest absolute Gasteiger partial charge is 0.350 e. The van der Waals surface area contributed by atoms with Crippen molar-refractivity contribution in [1.82, 2.24) is 5.32 Å². The van der Waals surface area contributed by atoms with E-state index in [-0.39, 0.29) is 42.6 Å². The summed E-state index contributed by atoms with van der Waals surface area (Å²) in [6, 6.07) is 21.7. The van der Waals surface area contributed by atoms with E-state index in [2.05, 4.69) is 11.2 Å². The normalized spacial score (nSPS) is 33.0. The van der Waals surface area contributed by atoms with Crippen molar-refractivity contribution in [3.05, 3.63) is 108 Å². The van der Waals surface area contributed by atoms with Gasteiger partial charge in [-0.05, 0) is 49.6 Å². The minimum atomic E-state index is -2.47. The lowest BCUT2D eigenvalue weighted by molar-refractivity contribution is -0.349. The molecule has 510 valence electrons.